The van der Waals surface area contributed by atoms with Crippen molar-refractivity contribution in [3.05, 3.63) is 29.8 Å². The van der Waals surface area contributed by atoms with Crippen LogP contribution in [0.25, 0.3) is 0 Å². The Kier molecular flexibility index (Phi) is 5.06. The maximum atomic E-state index is 12.1. The molecule has 0 aliphatic heterocycles. The van der Waals surface area contributed by atoms with Crippen molar-refractivity contribution in [3.8, 4) is 0 Å². The minimum atomic E-state index is -0.328. The zero-order valence-corrected chi connectivity index (χ0v) is 11.6. The van der Waals surface area contributed by atoms with Gasteiger partial charge in [-0.1, -0.05) is 12.1 Å². The van der Waals surface area contributed by atoms with E-state index in [9.17, 15) is 9.59 Å². The van der Waals surface area contributed by atoms with E-state index in [-0.39, 0.29) is 30.3 Å². The second kappa shape index (κ2) is 6.33. The van der Waals surface area contributed by atoms with Gasteiger partial charge >= 0.3 is 0 Å². The fourth-order valence-electron chi connectivity index (χ4n) is 1.54. The molecule has 0 atom stereocenters. The Morgan fingerprint density at radius 1 is 1.21 bits per heavy atom. The van der Waals surface area contributed by atoms with Gasteiger partial charge in [0.1, 0.15) is 0 Å². The number of carbonyl (C=O) groups is 2. The van der Waals surface area contributed by atoms with E-state index in [1.165, 1.54) is 0 Å². The smallest absolute Gasteiger partial charge is 0.253 e. The standard InChI is InChI=1S/C14H21N3O2/c1-14(2,3)17-13(19)10-6-4-5-7-11(10)16-12(18)8-9-15/h4-7H,8-9,15H2,1-3H3,(H,16,18)(H,17,19). The van der Waals surface area contributed by atoms with Gasteiger partial charge in [-0.15, -0.1) is 0 Å². The fourth-order valence-corrected chi connectivity index (χ4v) is 1.54. The lowest BCUT2D eigenvalue weighted by molar-refractivity contribution is -0.116. The van der Waals surface area contributed by atoms with Crippen molar-refractivity contribution < 1.29 is 9.59 Å². The number of hydrogen-bond donors (Lipinski definition) is 3. The van der Waals surface area contributed by atoms with Crippen LogP contribution in [0.4, 0.5) is 5.69 Å². The molecule has 0 radical (unpaired) electrons. The van der Waals surface area contributed by atoms with Crippen molar-refractivity contribution in [3.63, 3.8) is 0 Å². The lowest BCUT2D eigenvalue weighted by Gasteiger charge is -2.21. The number of para-hydroxylation sites is 1. The topological polar surface area (TPSA) is 84.2 Å². The van der Waals surface area contributed by atoms with Crippen LogP contribution in [0, 0.1) is 0 Å². The third kappa shape index (κ3) is 5.09. The molecule has 0 unspecified atom stereocenters. The number of amides is 2. The van der Waals surface area contributed by atoms with Crippen LogP contribution in [0.15, 0.2) is 24.3 Å². The van der Waals surface area contributed by atoms with Gasteiger partial charge < -0.3 is 16.4 Å². The first kappa shape index (κ1) is 15.2. The molecular formula is C14H21N3O2. The van der Waals surface area contributed by atoms with Gasteiger partial charge in [0.2, 0.25) is 5.91 Å². The van der Waals surface area contributed by atoms with Crippen LogP contribution in [0.1, 0.15) is 37.6 Å². The van der Waals surface area contributed by atoms with Gasteiger partial charge in [0.25, 0.3) is 5.91 Å². The zero-order chi connectivity index (χ0) is 14.5. The van der Waals surface area contributed by atoms with Crippen LogP contribution in [-0.2, 0) is 4.79 Å². The summed E-state index contributed by atoms with van der Waals surface area (Å²) in [6.07, 6.45) is 0.231. The minimum Gasteiger partial charge on any atom is -0.347 e. The summed E-state index contributed by atoms with van der Waals surface area (Å²) in [6.45, 7) is 5.99. The van der Waals surface area contributed by atoms with E-state index in [1.54, 1.807) is 24.3 Å². The molecule has 0 fully saturated rings. The molecule has 5 heteroatoms. The third-order valence-corrected chi connectivity index (χ3v) is 2.31. The molecule has 0 saturated carbocycles. The Labute approximate surface area is 113 Å². The van der Waals surface area contributed by atoms with Crippen molar-refractivity contribution in [1.29, 1.82) is 0 Å². The first-order valence-corrected chi connectivity index (χ1v) is 6.25. The molecule has 104 valence electrons. The normalized spacial score (nSPS) is 10.9. The summed E-state index contributed by atoms with van der Waals surface area (Å²) in [6, 6.07) is 6.91. The summed E-state index contributed by atoms with van der Waals surface area (Å²) in [4.78, 5) is 23.7. The maximum absolute atomic E-state index is 12.1. The van der Waals surface area contributed by atoms with Crippen molar-refractivity contribution in [2.75, 3.05) is 11.9 Å². The molecular weight excluding hydrogens is 242 g/mol. The number of anilines is 1. The average molecular weight is 263 g/mol. The van der Waals surface area contributed by atoms with Gasteiger partial charge in [0.05, 0.1) is 11.3 Å². The monoisotopic (exact) mass is 263 g/mol. The van der Waals surface area contributed by atoms with Gasteiger partial charge in [0, 0.05) is 18.5 Å². The molecule has 0 aromatic heterocycles. The van der Waals surface area contributed by atoms with Crippen molar-refractivity contribution in [2.24, 2.45) is 5.73 Å². The molecule has 1 rings (SSSR count). The van der Waals surface area contributed by atoms with E-state index >= 15 is 0 Å². The Bertz CT molecular complexity index is 464. The Morgan fingerprint density at radius 2 is 1.84 bits per heavy atom. The quantitative estimate of drug-likeness (QED) is 0.769. The van der Waals surface area contributed by atoms with E-state index < -0.39 is 0 Å². The zero-order valence-electron chi connectivity index (χ0n) is 11.6. The van der Waals surface area contributed by atoms with E-state index in [2.05, 4.69) is 10.6 Å². The van der Waals surface area contributed by atoms with Gasteiger partial charge in [-0.25, -0.2) is 0 Å². The van der Waals surface area contributed by atoms with Crippen LogP contribution in [0.5, 0.6) is 0 Å². The summed E-state index contributed by atoms with van der Waals surface area (Å²) < 4.78 is 0. The first-order valence-electron chi connectivity index (χ1n) is 6.25. The molecule has 4 N–H and O–H groups in total. The van der Waals surface area contributed by atoms with E-state index in [0.29, 0.717) is 11.3 Å². The first-order chi connectivity index (χ1) is 8.83. The van der Waals surface area contributed by atoms with Crippen molar-refractivity contribution >= 4 is 17.5 Å². The van der Waals surface area contributed by atoms with Gasteiger partial charge in [-0.2, -0.15) is 0 Å². The number of benzene rings is 1. The van der Waals surface area contributed by atoms with Crippen LogP contribution in [-0.4, -0.2) is 23.9 Å². The summed E-state index contributed by atoms with van der Waals surface area (Å²) in [5.41, 5.74) is 5.95. The lowest BCUT2D eigenvalue weighted by Crippen LogP contribution is -2.40. The lowest BCUT2D eigenvalue weighted by atomic mass is 10.1. The summed E-state index contributed by atoms with van der Waals surface area (Å²) in [5.74, 6) is -0.408. The highest BCUT2D eigenvalue weighted by Gasteiger charge is 2.18. The molecule has 0 aliphatic rings. The maximum Gasteiger partial charge on any atom is 0.253 e. The summed E-state index contributed by atoms with van der Waals surface area (Å²) in [5, 5.41) is 5.56. The van der Waals surface area contributed by atoms with Crippen LogP contribution in [0.3, 0.4) is 0 Å². The van der Waals surface area contributed by atoms with Crippen LogP contribution >= 0.6 is 0 Å². The molecule has 0 heterocycles. The molecule has 19 heavy (non-hydrogen) atoms. The number of nitrogens with one attached hydrogen (secondary N) is 2. The molecule has 0 spiro atoms. The van der Waals surface area contributed by atoms with Gasteiger partial charge in [-0.3, -0.25) is 9.59 Å². The second-order valence-electron chi connectivity index (χ2n) is 5.34. The average Bonchev–Trinajstić information content (AvgIpc) is 2.27. The van der Waals surface area contributed by atoms with Gasteiger partial charge in [-0.05, 0) is 32.9 Å². The molecule has 2 amide bonds. The third-order valence-electron chi connectivity index (χ3n) is 2.31. The predicted octanol–water partition coefficient (Wildman–Crippen LogP) is 1.50. The highest BCUT2D eigenvalue weighted by molar-refractivity contribution is 6.03. The summed E-state index contributed by atoms with van der Waals surface area (Å²) in [7, 11) is 0. The Hall–Kier alpha value is -1.88. The second-order valence-corrected chi connectivity index (χ2v) is 5.34. The van der Waals surface area contributed by atoms with Crippen molar-refractivity contribution in [2.45, 2.75) is 32.7 Å². The van der Waals surface area contributed by atoms with Crippen LogP contribution < -0.4 is 16.4 Å². The van der Waals surface area contributed by atoms with Gasteiger partial charge in [0.15, 0.2) is 0 Å². The molecule has 0 aliphatic carbocycles. The fraction of sp³-hybridized carbons (Fsp3) is 0.429. The highest BCUT2D eigenvalue weighted by atomic mass is 16.2. The SMILES string of the molecule is CC(C)(C)NC(=O)c1ccccc1NC(=O)CCN. The molecule has 0 saturated heterocycles. The minimum absolute atomic E-state index is 0.196. The molecule has 5 nitrogen and oxygen atoms in total. The molecule has 1 aromatic carbocycles. The predicted molar refractivity (Wildman–Crippen MR) is 76.0 cm³/mol. The van der Waals surface area contributed by atoms with Crippen LogP contribution in [0.2, 0.25) is 0 Å². The van der Waals surface area contributed by atoms with Crippen molar-refractivity contribution in [1.82, 2.24) is 5.32 Å². The van der Waals surface area contributed by atoms with E-state index in [0.717, 1.165) is 0 Å². The number of hydrogen-bond acceptors (Lipinski definition) is 3. The number of carbonyl (C=O) groups excluding carboxylic acids is 2. The summed E-state index contributed by atoms with van der Waals surface area (Å²) >= 11 is 0. The number of rotatable bonds is 4. The van der Waals surface area contributed by atoms with E-state index in [4.69, 9.17) is 5.73 Å². The highest BCUT2D eigenvalue weighted by Crippen LogP contribution is 2.16. The molecule has 0 bridgehead atoms. The largest absolute Gasteiger partial charge is 0.347 e. The Balaban J connectivity index is 2.89. The molecule has 1 aromatic rings. The Morgan fingerprint density at radius 3 is 2.42 bits per heavy atom. The van der Waals surface area contributed by atoms with E-state index in [1.807, 2.05) is 20.8 Å². The number of nitrogens with two attached hydrogens (primary N) is 1.